The van der Waals surface area contributed by atoms with Crippen molar-refractivity contribution in [2.45, 2.75) is 14.5 Å². The van der Waals surface area contributed by atoms with Crippen LogP contribution in [0, 0.1) is 17.0 Å². The molecule has 2 heterocycles. The first-order valence-electron chi connectivity index (χ1n) is 7.65. The highest BCUT2D eigenvalue weighted by molar-refractivity contribution is 9.12. The van der Waals surface area contributed by atoms with Crippen molar-refractivity contribution >= 4 is 73.9 Å². The first-order valence-corrected chi connectivity index (χ1v) is 10.4. The van der Waals surface area contributed by atoms with Gasteiger partial charge in [-0.1, -0.05) is 17.7 Å². The summed E-state index contributed by atoms with van der Waals surface area (Å²) in [6.07, 6.45) is 1.35. The van der Waals surface area contributed by atoms with Crippen LogP contribution in [0.2, 0.25) is 0 Å². The summed E-state index contributed by atoms with van der Waals surface area (Å²) >= 11 is 8.28. The molecule has 2 atom stereocenters. The van der Waals surface area contributed by atoms with E-state index in [9.17, 15) is 19.6 Å². The second-order valence-corrected chi connectivity index (χ2v) is 11.2. The third-order valence-electron chi connectivity index (χ3n) is 3.63. The van der Waals surface area contributed by atoms with E-state index in [0.717, 1.165) is 0 Å². The minimum atomic E-state index is -2.61. The lowest BCUT2D eigenvalue weighted by atomic mass is 10.2. The SMILES string of the molecule is Cc1c(O)cccc1Nc1nc(C(N)(S[N+](=O)[O-])SC(F)(Cl)Br)nc2nc[nH]c12. The third kappa shape index (κ3) is 5.01. The number of aromatic hydroxyl groups is 1. The van der Waals surface area contributed by atoms with Crippen molar-refractivity contribution in [1.29, 1.82) is 0 Å². The molecule has 5 N–H and O–H groups in total. The van der Waals surface area contributed by atoms with E-state index in [1.807, 2.05) is 0 Å². The van der Waals surface area contributed by atoms with Crippen molar-refractivity contribution in [3.63, 3.8) is 0 Å². The maximum absolute atomic E-state index is 14.0. The first kappa shape index (κ1) is 21.8. The maximum atomic E-state index is 14.0. The molecule has 0 bridgehead atoms. The number of alkyl halides is 3. The molecule has 0 saturated carbocycles. The van der Waals surface area contributed by atoms with Gasteiger partial charge < -0.3 is 15.4 Å². The van der Waals surface area contributed by atoms with E-state index in [2.05, 4.69) is 41.2 Å². The highest BCUT2D eigenvalue weighted by Gasteiger charge is 2.48. The first-order chi connectivity index (χ1) is 13.5. The highest BCUT2D eigenvalue weighted by atomic mass is 79.9. The molecule has 1 aromatic carbocycles. The molecular formula is C14H12BrClFN7O3S2. The Morgan fingerprint density at radius 3 is 2.86 bits per heavy atom. The summed E-state index contributed by atoms with van der Waals surface area (Å²) < 4.78 is 8.53. The number of phenols is 1. The molecule has 0 radical (unpaired) electrons. The highest BCUT2D eigenvalue weighted by Crippen LogP contribution is 2.52. The molecule has 0 spiro atoms. The Bertz CT molecular complexity index is 1080. The van der Waals surface area contributed by atoms with E-state index >= 15 is 0 Å². The number of nitrogens with zero attached hydrogens (tertiary/aromatic N) is 4. The average Bonchev–Trinajstić information content (AvgIpc) is 3.05. The zero-order chi connectivity index (χ0) is 21.4. The molecule has 0 aliphatic carbocycles. The summed E-state index contributed by atoms with van der Waals surface area (Å²) in [7, 11) is 0. The van der Waals surface area contributed by atoms with Gasteiger partial charge >= 0.3 is 0 Å². The van der Waals surface area contributed by atoms with E-state index in [1.54, 1.807) is 19.1 Å². The molecule has 0 aliphatic rings. The van der Waals surface area contributed by atoms with Crippen LogP contribution in [0.4, 0.5) is 15.9 Å². The fourth-order valence-corrected chi connectivity index (χ4v) is 5.54. The average molecular weight is 525 g/mol. The molecule has 3 aromatic rings. The van der Waals surface area contributed by atoms with Gasteiger partial charge in [-0.15, -0.1) is 0 Å². The van der Waals surface area contributed by atoms with Crippen molar-refractivity contribution in [3.8, 4) is 5.75 Å². The Morgan fingerprint density at radius 1 is 1.48 bits per heavy atom. The van der Waals surface area contributed by atoms with Gasteiger partial charge in [-0.25, -0.2) is 19.3 Å². The van der Waals surface area contributed by atoms with Crippen molar-refractivity contribution in [2.75, 3.05) is 5.32 Å². The zero-order valence-corrected chi connectivity index (χ0v) is 18.4. The third-order valence-corrected chi connectivity index (χ3v) is 6.14. The van der Waals surface area contributed by atoms with E-state index < -0.39 is 11.9 Å². The van der Waals surface area contributed by atoms with Crippen LogP contribution in [-0.4, -0.2) is 32.7 Å². The van der Waals surface area contributed by atoms with Crippen LogP contribution in [0.25, 0.3) is 11.2 Å². The van der Waals surface area contributed by atoms with Crippen LogP contribution in [-0.2, 0) is 4.20 Å². The number of halogens is 3. The lowest BCUT2D eigenvalue weighted by molar-refractivity contribution is -0.285. The molecule has 2 unspecified atom stereocenters. The number of nitrogens with one attached hydrogen (secondary N) is 2. The number of aromatic nitrogens is 4. The van der Waals surface area contributed by atoms with Gasteiger partial charge in [0.15, 0.2) is 17.3 Å². The lowest BCUT2D eigenvalue weighted by Gasteiger charge is -2.24. The molecule has 10 nitrogen and oxygen atoms in total. The minimum absolute atomic E-state index is 0.00865. The van der Waals surface area contributed by atoms with Gasteiger partial charge in [-0.2, -0.15) is 0 Å². The van der Waals surface area contributed by atoms with Gasteiger partial charge in [0.2, 0.25) is 4.20 Å². The van der Waals surface area contributed by atoms with Gasteiger partial charge in [-0.05, 0) is 46.7 Å². The second-order valence-electron chi connectivity index (χ2n) is 5.60. The number of fused-ring (bicyclic) bond motifs is 1. The van der Waals surface area contributed by atoms with E-state index in [4.69, 9.17) is 17.3 Å². The summed E-state index contributed by atoms with van der Waals surface area (Å²) in [6.45, 7) is 1.69. The smallest absolute Gasteiger partial charge is 0.287 e. The number of nitro groups is 1. The Balaban J connectivity index is 2.13. The molecule has 154 valence electrons. The number of phenolic OH excluding ortho intramolecular Hbond substituents is 1. The van der Waals surface area contributed by atoms with E-state index in [0.29, 0.717) is 16.8 Å². The molecule has 0 fully saturated rings. The Hall–Kier alpha value is -1.87. The summed E-state index contributed by atoms with van der Waals surface area (Å²) in [5.74, 6) is -0.0585. The molecule has 3 rings (SSSR count). The van der Waals surface area contributed by atoms with E-state index in [-0.39, 0.29) is 46.7 Å². The minimum Gasteiger partial charge on any atom is -0.508 e. The number of imidazole rings is 1. The Kier molecular flexibility index (Phi) is 6.10. The quantitative estimate of drug-likeness (QED) is 0.117. The van der Waals surface area contributed by atoms with Crippen molar-refractivity contribution in [3.05, 3.63) is 46.0 Å². The predicted molar refractivity (Wildman–Crippen MR) is 114 cm³/mol. The fourth-order valence-electron chi connectivity index (χ4n) is 2.35. The number of thioether (sulfide) groups is 1. The summed E-state index contributed by atoms with van der Waals surface area (Å²) in [5.41, 5.74) is 7.66. The summed E-state index contributed by atoms with van der Waals surface area (Å²) in [4.78, 5) is 26.4. The van der Waals surface area contributed by atoms with Crippen LogP contribution < -0.4 is 11.1 Å². The lowest BCUT2D eigenvalue weighted by Crippen LogP contribution is -2.35. The zero-order valence-electron chi connectivity index (χ0n) is 14.4. The molecule has 0 aliphatic heterocycles. The molecule has 0 amide bonds. The van der Waals surface area contributed by atoms with E-state index in [1.165, 1.54) is 12.4 Å². The van der Waals surface area contributed by atoms with Crippen molar-refractivity contribution in [2.24, 2.45) is 5.73 Å². The number of nitrogens with two attached hydrogens (primary N) is 1. The largest absolute Gasteiger partial charge is 0.508 e. The number of anilines is 2. The number of rotatable bonds is 7. The maximum Gasteiger partial charge on any atom is 0.287 e. The predicted octanol–water partition coefficient (Wildman–Crippen LogP) is 4.05. The molecule has 15 heteroatoms. The van der Waals surface area contributed by atoms with Crippen LogP contribution in [0.5, 0.6) is 5.75 Å². The number of H-pyrrole nitrogens is 1. The summed E-state index contributed by atoms with van der Waals surface area (Å²) in [5, 5.41) is 24.0. The Morgan fingerprint density at radius 2 is 2.21 bits per heavy atom. The van der Waals surface area contributed by atoms with Crippen LogP contribution >= 0.6 is 51.2 Å². The Labute approximate surface area is 184 Å². The van der Waals surface area contributed by atoms with Crippen molar-refractivity contribution < 1.29 is 13.8 Å². The monoisotopic (exact) mass is 523 g/mol. The van der Waals surface area contributed by atoms with Crippen LogP contribution in [0.1, 0.15) is 11.4 Å². The molecule has 29 heavy (non-hydrogen) atoms. The van der Waals surface area contributed by atoms with Crippen LogP contribution in [0.3, 0.4) is 0 Å². The van der Waals surface area contributed by atoms with Gasteiger partial charge in [0, 0.05) is 11.3 Å². The molecule has 2 aromatic heterocycles. The molecular weight excluding hydrogens is 513 g/mol. The topological polar surface area (TPSA) is 156 Å². The number of aromatic amines is 1. The van der Waals surface area contributed by atoms with Gasteiger partial charge in [0.05, 0.1) is 6.33 Å². The van der Waals surface area contributed by atoms with Crippen LogP contribution in [0.15, 0.2) is 24.5 Å². The number of benzene rings is 1. The van der Waals surface area contributed by atoms with Gasteiger partial charge in [-0.3, -0.25) is 15.8 Å². The second kappa shape index (κ2) is 8.10. The normalized spacial score (nSPS) is 15.6. The van der Waals surface area contributed by atoms with Gasteiger partial charge in [0.1, 0.15) is 15.6 Å². The summed E-state index contributed by atoms with van der Waals surface area (Å²) in [6, 6.07) is 4.84. The standard InChI is InChI=1S/C14H12BrClFN7O3S2/c1-6-7(3-2-4-8(6)25)21-11-9-10(20-5-19-9)22-12(23-11)13(18,29-24(26)27)28-14(15,16)17/h2-5,25H,18H2,1H3,(H2,19,20,21,22,23). The molecule has 0 saturated heterocycles. The number of hydrogen-bond donors (Lipinski definition) is 4. The fraction of sp³-hybridized carbons (Fsp3) is 0.214. The van der Waals surface area contributed by atoms with Crippen molar-refractivity contribution in [1.82, 2.24) is 19.9 Å². The van der Waals surface area contributed by atoms with Gasteiger partial charge in [0.25, 0.3) is 15.3 Å². The number of hydrogen-bond acceptors (Lipinski definition) is 10.